The minimum Gasteiger partial charge on any atom is -0.423 e. The second kappa shape index (κ2) is 5.78. The number of benzene rings is 2. The Morgan fingerprint density at radius 1 is 0.900 bits per heavy atom. The zero-order valence-corrected chi connectivity index (χ0v) is 11.3. The molecule has 3 heteroatoms. The summed E-state index contributed by atoms with van der Waals surface area (Å²) in [5.74, 6) is 0.285. The molecule has 20 heavy (non-hydrogen) atoms. The summed E-state index contributed by atoms with van der Waals surface area (Å²) in [6.45, 7) is 2.02. The fraction of sp³-hybridized carbons (Fsp3) is 0.235. The summed E-state index contributed by atoms with van der Waals surface area (Å²) < 4.78 is 5.44. The molecule has 1 aliphatic heterocycles. The smallest absolute Gasteiger partial charge is 0.345 e. The van der Waals surface area contributed by atoms with E-state index < -0.39 is 0 Å². The van der Waals surface area contributed by atoms with E-state index in [1.54, 1.807) is 12.1 Å². The molecule has 0 aromatic heterocycles. The van der Waals surface area contributed by atoms with E-state index in [0.29, 0.717) is 11.3 Å². The van der Waals surface area contributed by atoms with E-state index >= 15 is 0 Å². The third-order valence-corrected chi connectivity index (χ3v) is 3.52. The van der Waals surface area contributed by atoms with Gasteiger partial charge in [0, 0.05) is 13.1 Å². The summed E-state index contributed by atoms with van der Waals surface area (Å²) >= 11 is 0. The second-order valence-electron chi connectivity index (χ2n) is 4.91. The molecule has 0 saturated carbocycles. The summed E-state index contributed by atoms with van der Waals surface area (Å²) in [6, 6.07) is 16.9. The zero-order valence-electron chi connectivity index (χ0n) is 11.3. The number of hydrogen-bond acceptors (Lipinski definition) is 3. The van der Waals surface area contributed by atoms with Crippen LogP contribution in [-0.4, -0.2) is 19.1 Å². The van der Waals surface area contributed by atoms with Crippen molar-refractivity contribution in [2.24, 2.45) is 0 Å². The van der Waals surface area contributed by atoms with Crippen LogP contribution < -0.4 is 9.64 Å². The second-order valence-corrected chi connectivity index (χ2v) is 4.91. The van der Waals surface area contributed by atoms with E-state index in [-0.39, 0.29) is 5.97 Å². The summed E-state index contributed by atoms with van der Waals surface area (Å²) in [7, 11) is 0. The fourth-order valence-electron chi connectivity index (χ4n) is 2.53. The SMILES string of the molecule is O=C(Oc1ccccc1)c1ccccc1N1CCCC1. The van der Waals surface area contributed by atoms with E-state index in [4.69, 9.17) is 4.74 Å². The van der Waals surface area contributed by atoms with Crippen molar-refractivity contribution in [3.05, 3.63) is 60.2 Å². The summed E-state index contributed by atoms with van der Waals surface area (Å²) in [4.78, 5) is 14.6. The van der Waals surface area contributed by atoms with Crippen molar-refractivity contribution < 1.29 is 9.53 Å². The van der Waals surface area contributed by atoms with Crippen molar-refractivity contribution in [1.82, 2.24) is 0 Å². The molecule has 1 aliphatic rings. The first kappa shape index (κ1) is 12.7. The lowest BCUT2D eigenvalue weighted by atomic mass is 10.1. The highest BCUT2D eigenvalue weighted by atomic mass is 16.5. The van der Waals surface area contributed by atoms with Crippen LogP contribution in [0.3, 0.4) is 0 Å². The molecular weight excluding hydrogens is 250 g/mol. The Hall–Kier alpha value is -2.29. The average molecular weight is 267 g/mol. The zero-order chi connectivity index (χ0) is 13.8. The van der Waals surface area contributed by atoms with Crippen molar-refractivity contribution in [2.45, 2.75) is 12.8 Å². The topological polar surface area (TPSA) is 29.5 Å². The van der Waals surface area contributed by atoms with Gasteiger partial charge in [-0.05, 0) is 37.1 Å². The Bertz CT molecular complexity index is 589. The van der Waals surface area contributed by atoms with Gasteiger partial charge in [0.05, 0.1) is 11.3 Å². The van der Waals surface area contributed by atoms with Gasteiger partial charge in [-0.1, -0.05) is 30.3 Å². The van der Waals surface area contributed by atoms with Gasteiger partial charge in [0.25, 0.3) is 0 Å². The lowest BCUT2D eigenvalue weighted by molar-refractivity contribution is 0.0735. The van der Waals surface area contributed by atoms with Crippen LogP contribution in [0.1, 0.15) is 23.2 Å². The van der Waals surface area contributed by atoms with Crippen LogP contribution in [0.25, 0.3) is 0 Å². The molecule has 0 spiro atoms. The van der Waals surface area contributed by atoms with Crippen molar-refractivity contribution in [3.8, 4) is 5.75 Å². The quantitative estimate of drug-likeness (QED) is 0.629. The van der Waals surface area contributed by atoms with Crippen LogP contribution >= 0.6 is 0 Å². The summed E-state index contributed by atoms with van der Waals surface area (Å²) in [5, 5.41) is 0. The third kappa shape index (κ3) is 2.67. The largest absolute Gasteiger partial charge is 0.423 e. The van der Waals surface area contributed by atoms with Crippen LogP contribution in [0.4, 0.5) is 5.69 Å². The van der Waals surface area contributed by atoms with Gasteiger partial charge in [-0.25, -0.2) is 4.79 Å². The molecular formula is C17H17NO2. The van der Waals surface area contributed by atoms with Gasteiger partial charge in [0.1, 0.15) is 5.75 Å². The Morgan fingerprint density at radius 2 is 1.55 bits per heavy atom. The molecule has 0 atom stereocenters. The van der Waals surface area contributed by atoms with Crippen LogP contribution in [0.2, 0.25) is 0 Å². The number of ether oxygens (including phenoxy) is 1. The number of carbonyl (C=O) groups excluding carboxylic acids is 1. The van der Waals surface area contributed by atoms with E-state index in [1.807, 2.05) is 42.5 Å². The molecule has 0 N–H and O–H groups in total. The number of carbonyl (C=O) groups is 1. The van der Waals surface area contributed by atoms with E-state index in [2.05, 4.69) is 4.90 Å². The third-order valence-electron chi connectivity index (χ3n) is 3.52. The van der Waals surface area contributed by atoms with Crippen LogP contribution in [0, 0.1) is 0 Å². The molecule has 0 bridgehead atoms. The van der Waals surface area contributed by atoms with Gasteiger partial charge in [-0.3, -0.25) is 0 Å². The molecule has 2 aromatic carbocycles. The van der Waals surface area contributed by atoms with E-state index in [0.717, 1.165) is 18.8 Å². The molecule has 2 aromatic rings. The molecule has 3 nitrogen and oxygen atoms in total. The number of anilines is 1. The summed E-state index contributed by atoms with van der Waals surface area (Å²) in [5.41, 5.74) is 1.61. The Labute approximate surface area is 118 Å². The Balaban J connectivity index is 1.84. The van der Waals surface area contributed by atoms with Crippen LogP contribution in [0.5, 0.6) is 5.75 Å². The first-order valence-electron chi connectivity index (χ1n) is 6.96. The molecule has 0 amide bonds. The molecule has 1 fully saturated rings. The number of hydrogen-bond donors (Lipinski definition) is 0. The van der Waals surface area contributed by atoms with Crippen LogP contribution in [-0.2, 0) is 0 Å². The predicted molar refractivity (Wildman–Crippen MR) is 79.3 cm³/mol. The first-order valence-corrected chi connectivity index (χ1v) is 6.96. The fourth-order valence-corrected chi connectivity index (χ4v) is 2.53. The maximum Gasteiger partial charge on any atom is 0.345 e. The minimum absolute atomic E-state index is 0.293. The minimum atomic E-state index is -0.293. The molecule has 0 aliphatic carbocycles. The first-order chi connectivity index (χ1) is 9.84. The van der Waals surface area contributed by atoms with E-state index in [1.165, 1.54) is 12.8 Å². The number of nitrogens with zero attached hydrogens (tertiary/aromatic N) is 1. The molecule has 1 heterocycles. The normalized spacial score (nSPS) is 14.3. The molecule has 3 rings (SSSR count). The highest BCUT2D eigenvalue weighted by Gasteiger charge is 2.20. The van der Waals surface area contributed by atoms with Gasteiger partial charge in [0.2, 0.25) is 0 Å². The van der Waals surface area contributed by atoms with E-state index in [9.17, 15) is 4.79 Å². The standard InChI is InChI=1S/C17H17NO2/c19-17(20-14-8-2-1-3-9-14)15-10-4-5-11-16(15)18-12-6-7-13-18/h1-5,8-11H,6-7,12-13H2. The monoisotopic (exact) mass is 267 g/mol. The molecule has 1 saturated heterocycles. The Morgan fingerprint density at radius 3 is 2.30 bits per heavy atom. The maximum absolute atomic E-state index is 12.3. The maximum atomic E-state index is 12.3. The van der Waals surface area contributed by atoms with Crippen molar-refractivity contribution >= 4 is 11.7 Å². The van der Waals surface area contributed by atoms with Gasteiger partial charge >= 0.3 is 5.97 Å². The summed E-state index contributed by atoms with van der Waals surface area (Å²) in [6.07, 6.45) is 2.37. The van der Waals surface area contributed by atoms with Crippen molar-refractivity contribution in [1.29, 1.82) is 0 Å². The lowest BCUT2D eigenvalue weighted by Gasteiger charge is -2.20. The molecule has 102 valence electrons. The molecule has 0 radical (unpaired) electrons. The number of para-hydroxylation sites is 2. The van der Waals surface area contributed by atoms with Crippen molar-refractivity contribution in [2.75, 3.05) is 18.0 Å². The highest BCUT2D eigenvalue weighted by Crippen LogP contribution is 2.25. The van der Waals surface area contributed by atoms with Crippen LogP contribution in [0.15, 0.2) is 54.6 Å². The Kier molecular flexibility index (Phi) is 3.68. The predicted octanol–water partition coefficient (Wildman–Crippen LogP) is 3.51. The molecule has 0 unspecified atom stereocenters. The van der Waals surface area contributed by atoms with Gasteiger partial charge in [0.15, 0.2) is 0 Å². The highest BCUT2D eigenvalue weighted by molar-refractivity contribution is 5.97. The van der Waals surface area contributed by atoms with Gasteiger partial charge < -0.3 is 9.64 Å². The number of esters is 1. The number of rotatable bonds is 3. The van der Waals surface area contributed by atoms with Crippen molar-refractivity contribution in [3.63, 3.8) is 0 Å². The van der Waals surface area contributed by atoms with Gasteiger partial charge in [-0.15, -0.1) is 0 Å². The average Bonchev–Trinajstić information content (AvgIpc) is 3.02. The lowest BCUT2D eigenvalue weighted by Crippen LogP contribution is -2.22. The van der Waals surface area contributed by atoms with Gasteiger partial charge in [-0.2, -0.15) is 0 Å².